The highest BCUT2D eigenvalue weighted by molar-refractivity contribution is 5.77. The second-order valence-corrected chi connectivity index (χ2v) is 4.58. The molecule has 2 aromatic heterocycles. The highest BCUT2D eigenvalue weighted by atomic mass is 16.5. The van der Waals surface area contributed by atoms with Crippen LogP contribution in [0.1, 0.15) is 5.56 Å². The lowest BCUT2D eigenvalue weighted by molar-refractivity contribution is 0.414. The van der Waals surface area contributed by atoms with Crippen LogP contribution in [0.3, 0.4) is 0 Å². The average Bonchev–Trinajstić information content (AvgIpc) is 2.49. The molecule has 4 heteroatoms. The van der Waals surface area contributed by atoms with Crippen LogP contribution >= 0.6 is 0 Å². The summed E-state index contributed by atoms with van der Waals surface area (Å²) in [5.41, 5.74) is 2.08. The van der Waals surface area contributed by atoms with E-state index in [1.807, 2.05) is 49.4 Å². The first-order valence-corrected chi connectivity index (χ1v) is 6.32. The SMILES string of the molecule is COc1ccc(-n2c(=O)c(C)cc3cccnc32)cc1. The Kier molecular flexibility index (Phi) is 2.99. The van der Waals surface area contributed by atoms with E-state index in [1.165, 1.54) is 0 Å². The zero-order valence-corrected chi connectivity index (χ0v) is 11.3. The topological polar surface area (TPSA) is 44.1 Å². The second kappa shape index (κ2) is 4.81. The predicted molar refractivity (Wildman–Crippen MR) is 78.6 cm³/mol. The van der Waals surface area contributed by atoms with Crippen molar-refractivity contribution in [3.63, 3.8) is 0 Å². The van der Waals surface area contributed by atoms with Crippen molar-refractivity contribution in [1.82, 2.24) is 9.55 Å². The molecule has 0 unspecified atom stereocenters. The van der Waals surface area contributed by atoms with E-state index in [-0.39, 0.29) is 5.56 Å². The van der Waals surface area contributed by atoms with Crippen molar-refractivity contribution in [3.05, 3.63) is 64.6 Å². The predicted octanol–water partition coefficient (Wildman–Crippen LogP) is 2.70. The Balaban J connectivity index is 2.33. The molecular formula is C16H14N2O2. The van der Waals surface area contributed by atoms with E-state index in [0.717, 1.165) is 16.8 Å². The minimum absolute atomic E-state index is 0.0543. The van der Waals surface area contributed by atoms with Gasteiger partial charge in [0.15, 0.2) is 0 Å². The van der Waals surface area contributed by atoms with Crippen molar-refractivity contribution in [2.75, 3.05) is 7.11 Å². The van der Waals surface area contributed by atoms with E-state index in [1.54, 1.807) is 17.9 Å². The molecule has 3 aromatic rings. The molecule has 100 valence electrons. The van der Waals surface area contributed by atoms with E-state index in [2.05, 4.69) is 4.98 Å². The van der Waals surface area contributed by atoms with Crippen molar-refractivity contribution in [2.24, 2.45) is 0 Å². The Labute approximate surface area is 116 Å². The van der Waals surface area contributed by atoms with Gasteiger partial charge in [-0.3, -0.25) is 9.36 Å². The molecule has 1 aromatic carbocycles. The van der Waals surface area contributed by atoms with Gasteiger partial charge in [-0.25, -0.2) is 4.98 Å². The third kappa shape index (κ3) is 1.95. The second-order valence-electron chi connectivity index (χ2n) is 4.58. The van der Waals surface area contributed by atoms with Crippen LogP contribution in [-0.4, -0.2) is 16.7 Å². The van der Waals surface area contributed by atoms with Gasteiger partial charge in [0.1, 0.15) is 11.4 Å². The van der Waals surface area contributed by atoms with E-state index in [0.29, 0.717) is 11.2 Å². The molecule has 0 aliphatic carbocycles. The Bertz CT molecular complexity index is 820. The number of benzene rings is 1. The van der Waals surface area contributed by atoms with Crippen molar-refractivity contribution in [1.29, 1.82) is 0 Å². The summed E-state index contributed by atoms with van der Waals surface area (Å²) >= 11 is 0. The van der Waals surface area contributed by atoms with Crippen LogP contribution in [-0.2, 0) is 0 Å². The summed E-state index contributed by atoms with van der Waals surface area (Å²) in [7, 11) is 1.62. The van der Waals surface area contributed by atoms with Crippen LogP contribution in [0.25, 0.3) is 16.7 Å². The third-order valence-corrected chi connectivity index (χ3v) is 3.27. The standard InChI is InChI=1S/C16H14N2O2/c1-11-10-12-4-3-9-17-15(12)18(16(11)19)13-5-7-14(20-2)8-6-13/h3-10H,1-2H3. The Hall–Kier alpha value is -2.62. The summed E-state index contributed by atoms with van der Waals surface area (Å²) in [6.07, 6.45) is 1.69. The van der Waals surface area contributed by atoms with Gasteiger partial charge in [-0.2, -0.15) is 0 Å². The molecule has 0 aliphatic heterocycles. The zero-order valence-electron chi connectivity index (χ0n) is 11.3. The fourth-order valence-electron chi connectivity index (χ4n) is 2.25. The number of rotatable bonds is 2. The molecule has 0 spiro atoms. The van der Waals surface area contributed by atoms with Gasteiger partial charge in [-0.05, 0) is 49.4 Å². The summed E-state index contributed by atoms with van der Waals surface area (Å²) in [4.78, 5) is 16.8. The van der Waals surface area contributed by atoms with Crippen LogP contribution < -0.4 is 10.3 Å². The van der Waals surface area contributed by atoms with Gasteiger partial charge in [0.25, 0.3) is 5.56 Å². The summed E-state index contributed by atoms with van der Waals surface area (Å²) in [6.45, 7) is 1.81. The molecule has 20 heavy (non-hydrogen) atoms. The molecule has 4 nitrogen and oxygen atoms in total. The Morgan fingerprint density at radius 3 is 2.60 bits per heavy atom. The molecule has 0 atom stereocenters. The van der Waals surface area contributed by atoms with Gasteiger partial charge in [-0.15, -0.1) is 0 Å². The largest absolute Gasteiger partial charge is 0.497 e. The lowest BCUT2D eigenvalue weighted by Crippen LogP contribution is -2.21. The molecule has 0 saturated heterocycles. The van der Waals surface area contributed by atoms with E-state index < -0.39 is 0 Å². The van der Waals surface area contributed by atoms with Crippen LogP contribution in [0.5, 0.6) is 5.75 Å². The quantitative estimate of drug-likeness (QED) is 0.716. The van der Waals surface area contributed by atoms with Gasteiger partial charge in [0.05, 0.1) is 12.8 Å². The van der Waals surface area contributed by atoms with Crippen LogP contribution in [0.2, 0.25) is 0 Å². The highest BCUT2D eigenvalue weighted by Gasteiger charge is 2.09. The molecule has 0 fully saturated rings. The molecule has 0 amide bonds. The molecule has 0 N–H and O–H groups in total. The smallest absolute Gasteiger partial charge is 0.259 e. The minimum atomic E-state index is -0.0543. The average molecular weight is 266 g/mol. The first-order valence-electron chi connectivity index (χ1n) is 6.32. The highest BCUT2D eigenvalue weighted by Crippen LogP contribution is 2.18. The molecular weight excluding hydrogens is 252 g/mol. The maximum atomic E-state index is 12.4. The Morgan fingerprint density at radius 2 is 1.90 bits per heavy atom. The molecule has 0 saturated carbocycles. The number of aromatic nitrogens is 2. The molecule has 0 aliphatic rings. The lowest BCUT2D eigenvalue weighted by atomic mass is 10.2. The lowest BCUT2D eigenvalue weighted by Gasteiger charge is -2.11. The number of fused-ring (bicyclic) bond motifs is 1. The van der Waals surface area contributed by atoms with Gasteiger partial charge < -0.3 is 4.74 Å². The molecule has 2 heterocycles. The van der Waals surface area contributed by atoms with Crippen LogP contribution in [0.4, 0.5) is 0 Å². The molecule has 0 bridgehead atoms. The maximum Gasteiger partial charge on any atom is 0.259 e. The van der Waals surface area contributed by atoms with Gasteiger partial charge >= 0.3 is 0 Å². The van der Waals surface area contributed by atoms with Gasteiger partial charge in [0.2, 0.25) is 0 Å². The summed E-state index contributed by atoms with van der Waals surface area (Å²) in [6, 6.07) is 13.1. The monoisotopic (exact) mass is 266 g/mol. The van der Waals surface area contributed by atoms with E-state index >= 15 is 0 Å². The summed E-state index contributed by atoms with van der Waals surface area (Å²) in [5, 5.41) is 0.945. The number of methoxy groups -OCH3 is 1. The van der Waals surface area contributed by atoms with E-state index in [4.69, 9.17) is 4.74 Å². The third-order valence-electron chi connectivity index (χ3n) is 3.27. The van der Waals surface area contributed by atoms with Gasteiger partial charge in [-0.1, -0.05) is 0 Å². The van der Waals surface area contributed by atoms with Crippen LogP contribution in [0.15, 0.2) is 53.5 Å². The molecule has 0 radical (unpaired) electrons. The normalized spacial score (nSPS) is 10.7. The van der Waals surface area contributed by atoms with Crippen molar-refractivity contribution in [2.45, 2.75) is 6.92 Å². The number of hydrogen-bond donors (Lipinski definition) is 0. The van der Waals surface area contributed by atoms with Crippen LogP contribution in [0, 0.1) is 6.92 Å². The van der Waals surface area contributed by atoms with Gasteiger partial charge in [0, 0.05) is 17.1 Å². The van der Waals surface area contributed by atoms with E-state index in [9.17, 15) is 4.79 Å². The summed E-state index contributed by atoms with van der Waals surface area (Å²) < 4.78 is 6.77. The summed E-state index contributed by atoms with van der Waals surface area (Å²) in [5.74, 6) is 0.756. The first-order chi connectivity index (χ1) is 9.70. The minimum Gasteiger partial charge on any atom is -0.497 e. The molecule has 3 rings (SSSR count). The Morgan fingerprint density at radius 1 is 1.15 bits per heavy atom. The number of hydrogen-bond acceptors (Lipinski definition) is 3. The fraction of sp³-hybridized carbons (Fsp3) is 0.125. The first kappa shape index (κ1) is 12.4. The van der Waals surface area contributed by atoms with Crippen molar-refractivity contribution < 1.29 is 4.74 Å². The van der Waals surface area contributed by atoms with Crippen molar-refractivity contribution in [3.8, 4) is 11.4 Å². The number of nitrogens with zero attached hydrogens (tertiary/aromatic N) is 2. The maximum absolute atomic E-state index is 12.4. The fourth-order valence-corrected chi connectivity index (χ4v) is 2.25. The number of ether oxygens (including phenoxy) is 1. The number of pyridine rings is 2. The zero-order chi connectivity index (χ0) is 14.1. The number of aryl methyl sites for hydroxylation is 1. The van der Waals surface area contributed by atoms with Crippen molar-refractivity contribution >= 4 is 11.0 Å².